The lowest BCUT2D eigenvalue weighted by atomic mass is 10.4. The Hall–Kier alpha value is -1.34. The minimum Gasteiger partial charge on any atom is -0.323 e. The van der Waals surface area contributed by atoms with Crippen molar-refractivity contribution in [3.05, 3.63) is 40.8 Å². The Labute approximate surface area is 135 Å². The third-order valence-electron chi connectivity index (χ3n) is 2.88. The van der Waals surface area contributed by atoms with Gasteiger partial charge in [-0.1, -0.05) is 17.8 Å². The molecule has 1 aromatic heterocycles. The van der Waals surface area contributed by atoms with Crippen LogP contribution in [0.2, 0.25) is 0 Å². The van der Waals surface area contributed by atoms with E-state index in [9.17, 15) is 9.18 Å². The summed E-state index contributed by atoms with van der Waals surface area (Å²) < 4.78 is 15.2. The van der Waals surface area contributed by atoms with Crippen LogP contribution in [0.1, 0.15) is 13.8 Å². The maximum atomic E-state index is 13.2. The zero-order valence-electron chi connectivity index (χ0n) is 11.7. The standard InChI is InChI=1S/C14H15BrFN3OS/c1-3-18(4-2)14(20)19-9-12(15)13(17-19)21-11-7-5-6-10(16)8-11/h5-9H,3-4H2,1-2H3. The molecule has 0 aliphatic carbocycles. The fourth-order valence-corrected chi connectivity index (χ4v) is 3.12. The number of hydrogen-bond donors (Lipinski definition) is 0. The molecule has 1 heterocycles. The van der Waals surface area contributed by atoms with Gasteiger partial charge in [-0.15, -0.1) is 0 Å². The average Bonchev–Trinajstić information content (AvgIpc) is 2.81. The Morgan fingerprint density at radius 1 is 1.43 bits per heavy atom. The van der Waals surface area contributed by atoms with Gasteiger partial charge in [0.2, 0.25) is 0 Å². The molecular formula is C14H15BrFN3OS. The molecule has 0 spiro atoms. The Kier molecular flexibility index (Phi) is 5.41. The summed E-state index contributed by atoms with van der Waals surface area (Å²) in [6.45, 7) is 5.09. The summed E-state index contributed by atoms with van der Waals surface area (Å²) in [5.74, 6) is -0.297. The second-order valence-corrected chi connectivity index (χ2v) is 6.16. The van der Waals surface area contributed by atoms with E-state index in [0.29, 0.717) is 22.6 Å². The Balaban J connectivity index is 2.21. The van der Waals surface area contributed by atoms with Crippen molar-refractivity contribution >= 4 is 33.7 Å². The van der Waals surface area contributed by atoms with E-state index in [2.05, 4.69) is 21.0 Å². The molecule has 0 aliphatic rings. The summed E-state index contributed by atoms with van der Waals surface area (Å²) in [6.07, 6.45) is 1.63. The summed E-state index contributed by atoms with van der Waals surface area (Å²) in [7, 11) is 0. The van der Waals surface area contributed by atoms with Crippen molar-refractivity contribution in [1.82, 2.24) is 14.7 Å². The summed E-state index contributed by atoms with van der Waals surface area (Å²) in [4.78, 5) is 14.6. The van der Waals surface area contributed by atoms with Gasteiger partial charge in [0.1, 0.15) is 10.8 Å². The molecular weight excluding hydrogens is 357 g/mol. The lowest BCUT2D eigenvalue weighted by Gasteiger charge is -2.17. The molecule has 0 N–H and O–H groups in total. The number of hydrogen-bond acceptors (Lipinski definition) is 3. The molecule has 4 nitrogen and oxygen atoms in total. The van der Waals surface area contributed by atoms with Crippen LogP contribution in [-0.2, 0) is 0 Å². The van der Waals surface area contributed by atoms with E-state index in [4.69, 9.17) is 0 Å². The molecule has 0 aliphatic heterocycles. The predicted octanol–water partition coefficient (Wildman–Crippen LogP) is 4.25. The van der Waals surface area contributed by atoms with E-state index in [1.807, 2.05) is 13.8 Å². The van der Waals surface area contributed by atoms with Gasteiger partial charge in [-0.2, -0.15) is 9.78 Å². The number of amides is 1. The number of nitrogens with zero attached hydrogens (tertiary/aromatic N) is 3. The van der Waals surface area contributed by atoms with Gasteiger partial charge in [0.15, 0.2) is 0 Å². The Bertz CT molecular complexity index is 643. The Morgan fingerprint density at radius 2 is 2.14 bits per heavy atom. The average molecular weight is 372 g/mol. The van der Waals surface area contributed by atoms with Crippen LogP contribution in [0.5, 0.6) is 0 Å². The fraction of sp³-hybridized carbons (Fsp3) is 0.286. The third kappa shape index (κ3) is 3.85. The Morgan fingerprint density at radius 3 is 2.76 bits per heavy atom. The zero-order valence-corrected chi connectivity index (χ0v) is 14.1. The summed E-state index contributed by atoms with van der Waals surface area (Å²) in [6, 6.07) is 6.09. The number of carbonyl (C=O) groups is 1. The minimum absolute atomic E-state index is 0.174. The van der Waals surface area contributed by atoms with Crippen molar-refractivity contribution in [3.63, 3.8) is 0 Å². The lowest BCUT2D eigenvalue weighted by molar-refractivity contribution is 0.201. The van der Waals surface area contributed by atoms with Gasteiger partial charge in [-0.25, -0.2) is 9.18 Å². The molecule has 21 heavy (non-hydrogen) atoms. The van der Waals surface area contributed by atoms with Crippen LogP contribution in [0.3, 0.4) is 0 Å². The highest BCUT2D eigenvalue weighted by Crippen LogP contribution is 2.32. The first-order valence-electron chi connectivity index (χ1n) is 6.53. The summed E-state index contributed by atoms with van der Waals surface area (Å²) >= 11 is 4.69. The summed E-state index contributed by atoms with van der Waals surface area (Å²) in [5.41, 5.74) is 0. The highest BCUT2D eigenvalue weighted by Gasteiger charge is 2.16. The lowest BCUT2D eigenvalue weighted by Crippen LogP contribution is -2.34. The van der Waals surface area contributed by atoms with E-state index in [-0.39, 0.29) is 11.8 Å². The maximum Gasteiger partial charge on any atom is 0.344 e. The molecule has 2 aromatic rings. The molecule has 0 fully saturated rings. The number of halogens is 2. The first kappa shape index (κ1) is 16.0. The molecule has 0 saturated heterocycles. The molecule has 1 aromatic carbocycles. The van der Waals surface area contributed by atoms with Crippen LogP contribution >= 0.6 is 27.7 Å². The monoisotopic (exact) mass is 371 g/mol. The van der Waals surface area contributed by atoms with Crippen LogP contribution in [-0.4, -0.2) is 33.8 Å². The highest BCUT2D eigenvalue weighted by atomic mass is 79.9. The van der Waals surface area contributed by atoms with Crippen molar-refractivity contribution in [2.24, 2.45) is 0 Å². The second-order valence-electron chi connectivity index (χ2n) is 4.24. The van der Waals surface area contributed by atoms with Crippen molar-refractivity contribution in [3.8, 4) is 0 Å². The van der Waals surface area contributed by atoms with Gasteiger partial charge in [-0.3, -0.25) is 0 Å². The van der Waals surface area contributed by atoms with Crippen LogP contribution < -0.4 is 0 Å². The molecule has 0 atom stereocenters. The van der Waals surface area contributed by atoms with E-state index in [1.54, 1.807) is 23.2 Å². The number of carbonyl (C=O) groups excluding carboxylic acids is 1. The molecule has 0 bridgehead atoms. The van der Waals surface area contributed by atoms with Crippen molar-refractivity contribution in [2.75, 3.05) is 13.1 Å². The first-order chi connectivity index (χ1) is 10.0. The number of benzene rings is 1. The van der Waals surface area contributed by atoms with Crippen LogP contribution in [0.15, 0.2) is 44.9 Å². The molecule has 0 unspecified atom stereocenters. The number of aromatic nitrogens is 2. The van der Waals surface area contributed by atoms with Crippen LogP contribution in [0.4, 0.5) is 9.18 Å². The van der Waals surface area contributed by atoms with Gasteiger partial charge in [0.25, 0.3) is 0 Å². The molecule has 7 heteroatoms. The van der Waals surface area contributed by atoms with E-state index >= 15 is 0 Å². The fourth-order valence-electron chi connectivity index (χ4n) is 1.79. The molecule has 112 valence electrons. The molecule has 2 rings (SSSR count). The van der Waals surface area contributed by atoms with Gasteiger partial charge in [0, 0.05) is 18.0 Å². The third-order valence-corrected chi connectivity index (χ3v) is 4.71. The van der Waals surface area contributed by atoms with E-state index < -0.39 is 0 Å². The maximum absolute atomic E-state index is 13.2. The SMILES string of the molecule is CCN(CC)C(=O)n1cc(Br)c(Sc2cccc(F)c2)n1. The van der Waals surface area contributed by atoms with Crippen molar-refractivity contribution < 1.29 is 9.18 Å². The molecule has 0 radical (unpaired) electrons. The van der Waals surface area contributed by atoms with E-state index in [0.717, 1.165) is 4.90 Å². The largest absolute Gasteiger partial charge is 0.344 e. The van der Waals surface area contributed by atoms with E-state index in [1.165, 1.54) is 28.6 Å². The summed E-state index contributed by atoms with van der Waals surface area (Å²) in [5, 5.41) is 4.90. The van der Waals surface area contributed by atoms with Gasteiger partial charge in [-0.05, 0) is 48.0 Å². The topological polar surface area (TPSA) is 38.1 Å². The van der Waals surface area contributed by atoms with Crippen LogP contribution in [0, 0.1) is 5.82 Å². The van der Waals surface area contributed by atoms with Crippen molar-refractivity contribution in [1.29, 1.82) is 0 Å². The normalized spacial score (nSPS) is 10.7. The molecule has 0 saturated carbocycles. The van der Waals surface area contributed by atoms with Gasteiger partial charge in [0.05, 0.1) is 10.7 Å². The van der Waals surface area contributed by atoms with Gasteiger partial charge >= 0.3 is 6.03 Å². The smallest absolute Gasteiger partial charge is 0.323 e. The first-order valence-corrected chi connectivity index (χ1v) is 8.14. The van der Waals surface area contributed by atoms with Crippen LogP contribution in [0.25, 0.3) is 0 Å². The number of rotatable bonds is 4. The van der Waals surface area contributed by atoms with Crippen molar-refractivity contribution in [2.45, 2.75) is 23.8 Å². The minimum atomic E-state index is -0.297. The second kappa shape index (κ2) is 7.09. The zero-order chi connectivity index (χ0) is 15.4. The predicted molar refractivity (Wildman–Crippen MR) is 84.2 cm³/mol. The molecule has 1 amide bonds. The quantitative estimate of drug-likeness (QED) is 0.806. The highest BCUT2D eigenvalue weighted by molar-refractivity contribution is 9.10. The van der Waals surface area contributed by atoms with Gasteiger partial charge < -0.3 is 4.90 Å².